The molecule has 1 aromatic rings. The van der Waals surface area contributed by atoms with Crippen LogP contribution >= 0.6 is 0 Å². The minimum absolute atomic E-state index is 0.187. The van der Waals surface area contributed by atoms with Gasteiger partial charge in [0.25, 0.3) is 0 Å². The van der Waals surface area contributed by atoms with Crippen LogP contribution in [-0.2, 0) is 11.3 Å². The van der Waals surface area contributed by atoms with E-state index in [4.69, 9.17) is 10.9 Å². The molecule has 0 radical (unpaired) electrons. The molecule has 0 aliphatic rings. The first-order valence-corrected chi connectivity index (χ1v) is 3.90. The van der Waals surface area contributed by atoms with Gasteiger partial charge in [-0.05, 0) is 17.7 Å². The molecular weight excluding hydrogens is 168 g/mol. The topological polar surface area (TPSA) is 66.6 Å². The second-order valence-electron chi connectivity index (χ2n) is 2.81. The van der Waals surface area contributed by atoms with Gasteiger partial charge in [0, 0.05) is 6.92 Å². The zero-order valence-corrected chi connectivity index (χ0v) is 7.40. The Morgan fingerprint density at radius 3 is 2.46 bits per heavy atom. The van der Waals surface area contributed by atoms with E-state index in [1.54, 1.807) is 24.3 Å². The summed E-state index contributed by atoms with van der Waals surface area (Å²) < 4.78 is 0. The normalized spacial score (nSPS) is 9.69. The summed E-state index contributed by atoms with van der Waals surface area (Å²) in [6.45, 7) is 1.76. The summed E-state index contributed by atoms with van der Waals surface area (Å²) in [6, 6.07) is 6.56. The van der Waals surface area contributed by atoms with Crippen molar-refractivity contribution >= 4 is 5.91 Å². The van der Waals surface area contributed by atoms with Crippen molar-refractivity contribution in [2.75, 3.05) is 0 Å². The highest BCUT2D eigenvalue weighted by atomic mass is 16.3. The molecule has 0 heterocycles. The molecule has 0 aliphatic heterocycles. The van der Waals surface area contributed by atoms with Gasteiger partial charge in [0.2, 0.25) is 5.91 Å². The van der Waals surface area contributed by atoms with Crippen LogP contribution in [0.15, 0.2) is 24.3 Å². The van der Waals surface area contributed by atoms with Gasteiger partial charge in [0.05, 0.1) is 6.54 Å². The van der Waals surface area contributed by atoms with Gasteiger partial charge in [-0.25, -0.2) is 5.84 Å². The second kappa shape index (κ2) is 3.91. The SMILES string of the molecule is CC(=O)N(N)Cc1ccc(O)cc1. The number of amides is 1. The zero-order valence-electron chi connectivity index (χ0n) is 7.40. The van der Waals surface area contributed by atoms with Crippen molar-refractivity contribution in [3.05, 3.63) is 29.8 Å². The van der Waals surface area contributed by atoms with E-state index >= 15 is 0 Å². The lowest BCUT2D eigenvalue weighted by Gasteiger charge is -2.13. The van der Waals surface area contributed by atoms with Crippen molar-refractivity contribution in [3.63, 3.8) is 0 Å². The van der Waals surface area contributed by atoms with E-state index in [2.05, 4.69) is 0 Å². The molecule has 0 unspecified atom stereocenters. The number of phenolic OH excluding ortho intramolecular Hbond substituents is 1. The summed E-state index contributed by atoms with van der Waals surface area (Å²) in [5.74, 6) is 5.42. The van der Waals surface area contributed by atoms with E-state index in [1.165, 1.54) is 6.92 Å². The minimum Gasteiger partial charge on any atom is -0.508 e. The fraction of sp³-hybridized carbons (Fsp3) is 0.222. The van der Waals surface area contributed by atoms with Crippen LogP contribution in [0.25, 0.3) is 0 Å². The monoisotopic (exact) mass is 180 g/mol. The molecule has 0 spiro atoms. The predicted octanol–water partition coefficient (Wildman–Crippen LogP) is 0.614. The van der Waals surface area contributed by atoms with Gasteiger partial charge in [-0.15, -0.1) is 0 Å². The molecule has 0 aromatic heterocycles. The maximum absolute atomic E-state index is 10.8. The van der Waals surface area contributed by atoms with Gasteiger partial charge in [0.15, 0.2) is 0 Å². The van der Waals surface area contributed by atoms with E-state index in [-0.39, 0.29) is 11.7 Å². The third kappa shape index (κ3) is 2.76. The summed E-state index contributed by atoms with van der Waals surface area (Å²) >= 11 is 0. The molecule has 1 rings (SSSR count). The highest BCUT2D eigenvalue weighted by Crippen LogP contribution is 2.10. The standard InChI is InChI=1S/C9H12N2O2/c1-7(12)11(10)6-8-2-4-9(13)5-3-8/h2-5,13H,6,10H2,1H3. The van der Waals surface area contributed by atoms with E-state index in [0.717, 1.165) is 10.6 Å². The smallest absolute Gasteiger partial charge is 0.233 e. The summed E-state index contributed by atoms with van der Waals surface area (Å²) in [7, 11) is 0. The molecule has 13 heavy (non-hydrogen) atoms. The summed E-state index contributed by atoms with van der Waals surface area (Å²) in [5, 5.41) is 10.1. The molecule has 0 saturated heterocycles. The van der Waals surface area contributed by atoms with E-state index in [1.807, 2.05) is 0 Å². The minimum atomic E-state index is -0.187. The van der Waals surface area contributed by atoms with Crippen LogP contribution in [0.5, 0.6) is 5.75 Å². The number of carbonyl (C=O) groups excluding carboxylic acids is 1. The van der Waals surface area contributed by atoms with Crippen LogP contribution in [0.2, 0.25) is 0 Å². The van der Waals surface area contributed by atoms with Gasteiger partial charge >= 0.3 is 0 Å². The van der Waals surface area contributed by atoms with Crippen molar-refractivity contribution in [2.45, 2.75) is 13.5 Å². The number of nitrogens with two attached hydrogens (primary N) is 1. The Bertz CT molecular complexity index is 295. The second-order valence-corrected chi connectivity index (χ2v) is 2.81. The third-order valence-corrected chi connectivity index (χ3v) is 1.69. The number of hydrazine groups is 1. The first kappa shape index (κ1) is 9.54. The van der Waals surface area contributed by atoms with Crippen molar-refractivity contribution in [2.24, 2.45) is 5.84 Å². The maximum Gasteiger partial charge on any atom is 0.233 e. The van der Waals surface area contributed by atoms with Crippen LogP contribution in [0.3, 0.4) is 0 Å². The maximum atomic E-state index is 10.8. The Morgan fingerprint density at radius 1 is 1.46 bits per heavy atom. The third-order valence-electron chi connectivity index (χ3n) is 1.69. The highest BCUT2D eigenvalue weighted by molar-refractivity contribution is 5.72. The summed E-state index contributed by atoms with van der Waals surface area (Å²) in [5.41, 5.74) is 0.885. The fourth-order valence-corrected chi connectivity index (χ4v) is 0.909. The Morgan fingerprint density at radius 2 is 2.00 bits per heavy atom. The molecule has 0 aliphatic carbocycles. The number of aromatic hydroxyl groups is 1. The van der Waals surface area contributed by atoms with Crippen LogP contribution in [0, 0.1) is 0 Å². The van der Waals surface area contributed by atoms with E-state index < -0.39 is 0 Å². The molecule has 1 amide bonds. The van der Waals surface area contributed by atoms with Crippen LogP contribution in [-0.4, -0.2) is 16.0 Å². The lowest BCUT2D eigenvalue weighted by Crippen LogP contribution is -2.34. The molecule has 3 N–H and O–H groups in total. The molecule has 1 aromatic carbocycles. The quantitative estimate of drug-likeness (QED) is 0.398. The van der Waals surface area contributed by atoms with Crippen molar-refractivity contribution in [3.8, 4) is 5.75 Å². The van der Waals surface area contributed by atoms with Crippen LogP contribution in [0.1, 0.15) is 12.5 Å². The Hall–Kier alpha value is -1.55. The van der Waals surface area contributed by atoms with Gasteiger partial charge in [-0.3, -0.25) is 9.80 Å². The van der Waals surface area contributed by atoms with E-state index in [9.17, 15) is 4.79 Å². The first-order valence-electron chi connectivity index (χ1n) is 3.90. The average molecular weight is 180 g/mol. The number of benzene rings is 1. The van der Waals surface area contributed by atoms with Gasteiger partial charge in [-0.1, -0.05) is 12.1 Å². The molecule has 4 nitrogen and oxygen atoms in total. The van der Waals surface area contributed by atoms with Crippen molar-refractivity contribution in [1.29, 1.82) is 0 Å². The average Bonchev–Trinajstić information content (AvgIpc) is 2.08. The van der Waals surface area contributed by atoms with Gasteiger partial charge in [0.1, 0.15) is 5.75 Å². The summed E-state index contributed by atoms with van der Waals surface area (Å²) in [6.07, 6.45) is 0. The largest absolute Gasteiger partial charge is 0.508 e. The fourth-order valence-electron chi connectivity index (χ4n) is 0.909. The van der Waals surface area contributed by atoms with Crippen molar-refractivity contribution in [1.82, 2.24) is 5.01 Å². The Balaban J connectivity index is 2.64. The Labute approximate surface area is 76.6 Å². The lowest BCUT2D eigenvalue weighted by molar-refractivity contribution is -0.129. The van der Waals surface area contributed by atoms with Crippen LogP contribution in [0.4, 0.5) is 0 Å². The van der Waals surface area contributed by atoms with Crippen LogP contribution < -0.4 is 5.84 Å². The molecular formula is C9H12N2O2. The molecule has 0 fully saturated rings. The molecule has 0 atom stereocenters. The van der Waals surface area contributed by atoms with Crippen molar-refractivity contribution < 1.29 is 9.90 Å². The number of phenols is 1. The number of carbonyl (C=O) groups is 1. The predicted molar refractivity (Wildman–Crippen MR) is 48.5 cm³/mol. The van der Waals surface area contributed by atoms with E-state index in [0.29, 0.717) is 6.54 Å². The molecule has 0 bridgehead atoms. The number of nitrogens with zero attached hydrogens (tertiary/aromatic N) is 1. The molecule has 70 valence electrons. The Kier molecular flexibility index (Phi) is 2.87. The lowest BCUT2D eigenvalue weighted by atomic mass is 10.2. The number of hydrogen-bond acceptors (Lipinski definition) is 3. The number of rotatable bonds is 2. The first-order chi connectivity index (χ1) is 6.09. The molecule has 4 heteroatoms. The van der Waals surface area contributed by atoms with Gasteiger partial charge < -0.3 is 5.11 Å². The van der Waals surface area contributed by atoms with Gasteiger partial charge in [-0.2, -0.15) is 0 Å². The number of hydrogen-bond donors (Lipinski definition) is 2. The zero-order chi connectivity index (χ0) is 9.84. The summed E-state index contributed by atoms with van der Waals surface area (Å²) in [4.78, 5) is 10.8. The molecule has 0 saturated carbocycles. The highest BCUT2D eigenvalue weighted by Gasteiger charge is 2.03.